The molecule has 1 N–H and O–H groups in total. The van der Waals surface area contributed by atoms with Crippen molar-refractivity contribution in [1.82, 2.24) is 10.2 Å². The van der Waals surface area contributed by atoms with Crippen LogP contribution in [-0.2, 0) is 4.74 Å². The Morgan fingerprint density at radius 3 is 2.79 bits per heavy atom. The zero-order valence-electron chi connectivity index (χ0n) is 12.7. The summed E-state index contributed by atoms with van der Waals surface area (Å²) in [6.45, 7) is 12.4. The molecule has 4 nitrogen and oxygen atoms in total. The minimum atomic E-state index is 0.415. The van der Waals surface area contributed by atoms with E-state index in [1.54, 1.807) is 0 Å². The van der Waals surface area contributed by atoms with Crippen LogP contribution in [0.4, 0.5) is 0 Å². The molecule has 2 aliphatic rings. The zero-order valence-corrected chi connectivity index (χ0v) is 12.7. The first-order chi connectivity index (χ1) is 9.11. The van der Waals surface area contributed by atoms with Crippen molar-refractivity contribution in [3.05, 3.63) is 0 Å². The topological polar surface area (TPSA) is 36.9 Å². The Bertz CT molecular complexity index is 311. The summed E-state index contributed by atoms with van der Waals surface area (Å²) in [6.07, 6.45) is 3.96. The summed E-state index contributed by atoms with van der Waals surface area (Å²) in [5, 5.41) is 3.39. The van der Waals surface area contributed by atoms with Crippen LogP contribution in [0.15, 0.2) is 4.99 Å². The van der Waals surface area contributed by atoms with Gasteiger partial charge in [0.1, 0.15) is 0 Å². The molecular formula is C15H29N3O. The fraction of sp³-hybridized carbons (Fsp3) is 0.933. The van der Waals surface area contributed by atoms with Gasteiger partial charge in [-0.2, -0.15) is 0 Å². The number of nitrogens with one attached hydrogen (secondary N) is 1. The fourth-order valence-electron chi connectivity index (χ4n) is 2.47. The molecule has 0 radical (unpaired) electrons. The highest BCUT2D eigenvalue weighted by Gasteiger charge is 2.30. The molecule has 1 saturated heterocycles. The predicted molar refractivity (Wildman–Crippen MR) is 79.5 cm³/mol. The Morgan fingerprint density at radius 2 is 2.21 bits per heavy atom. The summed E-state index contributed by atoms with van der Waals surface area (Å²) < 4.78 is 5.64. The minimum Gasteiger partial charge on any atom is -0.379 e. The number of nitrogens with zero attached hydrogens (tertiary/aromatic N) is 2. The molecule has 0 bridgehead atoms. The Hall–Kier alpha value is -0.770. The number of rotatable bonds is 6. The SMILES string of the molecule is CCNC(=NCCOCC1CC1)N1CCC(C)(C)C1. The van der Waals surface area contributed by atoms with Crippen molar-refractivity contribution in [3.63, 3.8) is 0 Å². The lowest BCUT2D eigenvalue weighted by atomic mass is 9.93. The van der Waals surface area contributed by atoms with Crippen LogP contribution < -0.4 is 5.32 Å². The third-order valence-corrected chi connectivity index (χ3v) is 3.86. The molecule has 2 rings (SSSR count). The molecule has 1 aliphatic heterocycles. The van der Waals surface area contributed by atoms with Gasteiger partial charge in [0, 0.05) is 26.2 Å². The second kappa shape index (κ2) is 6.60. The zero-order chi connectivity index (χ0) is 13.7. The minimum absolute atomic E-state index is 0.415. The van der Waals surface area contributed by atoms with Gasteiger partial charge < -0.3 is 15.0 Å². The van der Waals surface area contributed by atoms with Gasteiger partial charge in [-0.15, -0.1) is 0 Å². The monoisotopic (exact) mass is 267 g/mol. The molecule has 0 aromatic heterocycles. The van der Waals surface area contributed by atoms with E-state index < -0.39 is 0 Å². The lowest BCUT2D eigenvalue weighted by Crippen LogP contribution is -2.41. The van der Waals surface area contributed by atoms with Gasteiger partial charge in [-0.25, -0.2) is 0 Å². The maximum absolute atomic E-state index is 5.64. The number of hydrogen-bond acceptors (Lipinski definition) is 2. The quantitative estimate of drug-likeness (QED) is 0.455. The van der Waals surface area contributed by atoms with Crippen molar-refractivity contribution in [2.45, 2.75) is 40.0 Å². The highest BCUT2D eigenvalue weighted by atomic mass is 16.5. The van der Waals surface area contributed by atoms with E-state index in [1.807, 2.05) is 0 Å². The van der Waals surface area contributed by atoms with E-state index in [0.29, 0.717) is 5.41 Å². The van der Waals surface area contributed by atoms with Crippen LogP contribution in [0.5, 0.6) is 0 Å². The summed E-state index contributed by atoms with van der Waals surface area (Å²) in [6, 6.07) is 0. The molecule has 0 atom stereocenters. The predicted octanol–water partition coefficient (Wildman–Crippen LogP) is 2.11. The van der Waals surface area contributed by atoms with Crippen LogP contribution in [0.3, 0.4) is 0 Å². The van der Waals surface area contributed by atoms with Crippen LogP contribution in [0, 0.1) is 11.3 Å². The molecule has 2 fully saturated rings. The van der Waals surface area contributed by atoms with Gasteiger partial charge in [0.25, 0.3) is 0 Å². The van der Waals surface area contributed by atoms with Crippen LogP contribution in [0.2, 0.25) is 0 Å². The standard InChI is InChI=1S/C15H29N3O/c1-4-16-14(18-9-7-15(2,3)12-18)17-8-10-19-11-13-5-6-13/h13H,4-12H2,1-3H3,(H,16,17). The van der Waals surface area contributed by atoms with Crippen molar-refractivity contribution in [2.24, 2.45) is 16.3 Å². The molecule has 19 heavy (non-hydrogen) atoms. The molecule has 4 heteroatoms. The van der Waals surface area contributed by atoms with Gasteiger partial charge in [-0.3, -0.25) is 4.99 Å². The van der Waals surface area contributed by atoms with E-state index in [1.165, 1.54) is 19.3 Å². The molecule has 110 valence electrons. The number of hydrogen-bond donors (Lipinski definition) is 1. The third-order valence-electron chi connectivity index (χ3n) is 3.86. The van der Waals surface area contributed by atoms with Gasteiger partial charge in [-0.05, 0) is 37.5 Å². The average molecular weight is 267 g/mol. The Labute approximate surface area is 117 Å². The smallest absolute Gasteiger partial charge is 0.194 e. The molecule has 0 amide bonds. The second-order valence-corrected chi connectivity index (χ2v) is 6.59. The number of likely N-dealkylation sites (tertiary alicyclic amines) is 1. The van der Waals surface area contributed by atoms with Gasteiger partial charge in [0.2, 0.25) is 0 Å². The molecule has 1 aliphatic carbocycles. The average Bonchev–Trinajstić information content (AvgIpc) is 3.11. The Balaban J connectivity index is 1.73. The molecule has 1 saturated carbocycles. The van der Waals surface area contributed by atoms with Crippen molar-refractivity contribution in [1.29, 1.82) is 0 Å². The highest BCUT2D eigenvalue weighted by Crippen LogP contribution is 2.29. The molecule has 0 aromatic rings. The highest BCUT2D eigenvalue weighted by molar-refractivity contribution is 5.80. The fourth-order valence-corrected chi connectivity index (χ4v) is 2.47. The summed E-state index contributed by atoms with van der Waals surface area (Å²) >= 11 is 0. The van der Waals surface area contributed by atoms with E-state index in [0.717, 1.165) is 51.3 Å². The van der Waals surface area contributed by atoms with E-state index in [2.05, 4.69) is 36.0 Å². The molecule has 1 heterocycles. The first-order valence-corrected chi connectivity index (χ1v) is 7.72. The van der Waals surface area contributed by atoms with Gasteiger partial charge in [0.15, 0.2) is 5.96 Å². The maximum Gasteiger partial charge on any atom is 0.194 e. The first-order valence-electron chi connectivity index (χ1n) is 7.72. The van der Waals surface area contributed by atoms with Crippen LogP contribution >= 0.6 is 0 Å². The van der Waals surface area contributed by atoms with Crippen LogP contribution in [0.25, 0.3) is 0 Å². The number of guanidine groups is 1. The van der Waals surface area contributed by atoms with E-state index in [4.69, 9.17) is 4.74 Å². The summed E-state index contributed by atoms with van der Waals surface area (Å²) in [4.78, 5) is 7.06. The van der Waals surface area contributed by atoms with Gasteiger partial charge >= 0.3 is 0 Å². The van der Waals surface area contributed by atoms with E-state index in [-0.39, 0.29) is 0 Å². The van der Waals surface area contributed by atoms with Crippen molar-refractivity contribution >= 4 is 5.96 Å². The first kappa shape index (κ1) is 14.6. The van der Waals surface area contributed by atoms with Gasteiger partial charge in [-0.1, -0.05) is 13.8 Å². The van der Waals surface area contributed by atoms with Crippen molar-refractivity contribution in [3.8, 4) is 0 Å². The lowest BCUT2D eigenvalue weighted by molar-refractivity contribution is 0.131. The number of aliphatic imine (C=N–C) groups is 1. The third kappa shape index (κ3) is 5.01. The Kier molecular flexibility index (Phi) is 5.08. The summed E-state index contributed by atoms with van der Waals surface area (Å²) in [5.41, 5.74) is 0.415. The van der Waals surface area contributed by atoms with E-state index in [9.17, 15) is 0 Å². The molecule has 0 spiro atoms. The lowest BCUT2D eigenvalue weighted by Gasteiger charge is -2.23. The van der Waals surface area contributed by atoms with Crippen LogP contribution in [0.1, 0.15) is 40.0 Å². The van der Waals surface area contributed by atoms with Gasteiger partial charge in [0.05, 0.1) is 13.2 Å². The summed E-state index contributed by atoms with van der Waals surface area (Å²) in [5.74, 6) is 1.90. The van der Waals surface area contributed by atoms with Crippen molar-refractivity contribution in [2.75, 3.05) is 39.4 Å². The van der Waals surface area contributed by atoms with E-state index >= 15 is 0 Å². The molecular weight excluding hydrogens is 238 g/mol. The Morgan fingerprint density at radius 1 is 1.42 bits per heavy atom. The maximum atomic E-state index is 5.64. The molecule has 0 unspecified atom stereocenters. The molecule has 0 aromatic carbocycles. The summed E-state index contributed by atoms with van der Waals surface area (Å²) in [7, 11) is 0. The second-order valence-electron chi connectivity index (χ2n) is 6.59. The number of ether oxygens (including phenoxy) is 1. The normalized spacial score (nSPS) is 22.9. The largest absolute Gasteiger partial charge is 0.379 e. The van der Waals surface area contributed by atoms with Crippen LogP contribution in [-0.4, -0.2) is 50.3 Å². The van der Waals surface area contributed by atoms with Crippen molar-refractivity contribution < 1.29 is 4.74 Å².